The molecule has 1 saturated carbocycles. The van der Waals surface area contributed by atoms with Gasteiger partial charge >= 0.3 is 0 Å². The molecule has 0 radical (unpaired) electrons. The summed E-state index contributed by atoms with van der Waals surface area (Å²) in [5.41, 5.74) is 2.48. The van der Waals surface area contributed by atoms with Crippen LogP contribution in [0.2, 0.25) is 0 Å². The summed E-state index contributed by atoms with van der Waals surface area (Å²) in [6.45, 7) is 2.11. The van der Waals surface area contributed by atoms with E-state index in [1.54, 1.807) is 12.1 Å². The van der Waals surface area contributed by atoms with Crippen molar-refractivity contribution in [3.63, 3.8) is 0 Å². The average molecular weight is 611 g/mol. The number of fused-ring (bicyclic) bond motifs is 1. The molecule has 3 aromatic rings. The Morgan fingerprint density at radius 3 is 2.34 bits per heavy atom. The highest BCUT2D eigenvalue weighted by Gasteiger charge is 2.38. The number of alkyl halides is 2. The highest BCUT2D eigenvalue weighted by Crippen LogP contribution is 2.46. The summed E-state index contributed by atoms with van der Waals surface area (Å²) in [7, 11) is 0. The molecule has 0 bridgehead atoms. The van der Waals surface area contributed by atoms with Crippen LogP contribution in [0.4, 0.5) is 17.6 Å². The van der Waals surface area contributed by atoms with E-state index in [9.17, 15) is 8.78 Å². The fourth-order valence-corrected chi connectivity index (χ4v) is 7.65. The lowest BCUT2D eigenvalue weighted by atomic mass is 9.67. The second-order valence-corrected chi connectivity index (χ2v) is 12.8. The average Bonchev–Trinajstić information content (AvgIpc) is 2.99. The highest BCUT2D eigenvalue weighted by atomic mass is 19.3. The van der Waals surface area contributed by atoms with Crippen molar-refractivity contribution in [2.75, 3.05) is 26.2 Å². The largest absolute Gasteiger partial charge is 0.490 e. The topological polar surface area (TPSA) is 33.7 Å². The van der Waals surface area contributed by atoms with Gasteiger partial charge in [0.15, 0.2) is 0 Å². The summed E-state index contributed by atoms with van der Waals surface area (Å²) >= 11 is 0. The van der Waals surface area contributed by atoms with Crippen LogP contribution < -0.4 is 14.8 Å². The van der Waals surface area contributed by atoms with Crippen molar-refractivity contribution in [2.24, 2.45) is 5.41 Å². The molecule has 2 atom stereocenters. The monoisotopic (exact) mass is 610 g/mol. The summed E-state index contributed by atoms with van der Waals surface area (Å²) < 4.78 is 71.4. The highest BCUT2D eigenvalue weighted by molar-refractivity contribution is 5.46. The lowest BCUT2D eigenvalue weighted by Gasteiger charge is -2.42. The number of nitrogens with zero attached hydrogens (tertiary/aromatic N) is 1. The number of hydrogen-bond donors (Lipinski definition) is 1. The molecule has 1 N–H and O–H groups in total. The van der Waals surface area contributed by atoms with Crippen LogP contribution in [0.5, 0.6) is 11.5 Å². The quantitative estimate of drug-likeness (QED) is 0.261. The van der Waals surface area contributed by atoms with E-state index < -0.39 is 30.6 Å². The van der Waals surface area contributed by atoms with Gasteiger partial charge < -0.3 is 14.8 Å². The first-order valence-corrected chi connectivity index (χ1v) is 16.1. The number of benzene rings is 3. The Kier molecular flexibility index (Phi) is 9.77. The lowest BCUT2D eigenvalue weighted by molar-refractivity contribution is 0.0449. The van der Waals surface area contributed by atoms with E-state index in [-0.39, 0.29) is 29.4 Å². The Balaban J connectivity index is 1.23. The minimum absolute atomic E-state index is 0.0965. The number of rotatable bonds is 8. The first-order chi connectivity index (χ1) is 21.4. The Morgan fingerprint density at radius 2 is 1.61 bits per heavy atom. The van der Waals surface area contributed by atoms with E-state index in [0.29, 0.717) is 24.3 Å². The van der Waals surface area contributed by atoms with Crippen molar-refractivity contribution >= 4 is 0 Å². The van der Waals surface area contributed by atoms with Crippen LogP contribution in [0.3, 0.4) is 0 Å². The Morgan fingerprint density at radius 1 is 0.886 bits per heavy atom. The first kappa shape index (κ1) is 30.9. The minimum atomic E-state index is -2.64. The Hall–Kier alpha value is -3.10. The molecular weight excluding hydrogens is 568 g/mol. The third kappa shape index (κ3) is 7.23. The normalized spacial score (nSPS) is 22.3. The summed E-state index contributed by atoms with van der Waals surface area (Å²) in [4.78, 5) is 1.48. The van der Waals surface area contributed by atoms with Gasteiger partial charge in [0, 0.05) is 24.2 Å². The molecule has 1 aliphatic carbocycles. The van der Waals surface area contributed by atoms with Crippen LogP contribution in [0.15, 0.2) is 60.7 Å². The molecule has 8 heteroatoms. The van der Waals surface area contributed by atoms with Gasteiger partial charge in [0.1, 0.15) is 29.7 Å². The van der Waals surface area contributed by atoms with Crippen LogP contribution in [0.1, 0.15) is 79.7 Å². The van der Waals surface area contributed by atoms with E-state index in [1.165, 1.54) is 23.5 Å². The molecule has 3 aromatic carbocycles. The Bertz CT molecular complexity index is 1370. The Labute approximate surface area is 257 Å². The third-order valence-electron chi connectivity index (χ3n) is 9.71. The smallest absolute Gasteiger partial charge is 0.251 e. The van der Waals surface area contributed by atoms with E-state index in [1.807, 2.05) is 36.4 Å². The van der Waals surface area contributed by atoms with Crippen LogP contribution >= 0.6 is 0 Å². The van der Waals surface area contributed by atoms with Crippen molar-refractivity contribution in [3.8, 4) is 11.5 Å². The maximum atomic E-state index is 15.9. The van der Waals surface area contributed by atoms with Gasteiger partial charge in [-0.2, -0.15) is 0 Å². The van der Waals surface area contributed by atoms with Gasteiger partial charge in [-0.05, 0) is 105 Å². The maximum Gasteiger partial charge on any atom is 0.251 e. The van der Waals surface area contributed by atoms with E-state index in [0.717, 1.165) is 69.2 Å². The molecule has 0 amide bonds. The molecule has 2 unspecified atom stereocenters. The van der Waals surface area contributed by atoms with Crippen molar-refractivity contribution in [3.05, 3.63) is 94.6 Å². The van der Waals surface area contributed by atoms with Crippen LogP contribution in [-0.4, -0.2) is 43.6 Å². The van der Waals surface area contributed by atoms with Gasteiger partial charge in [-0.1, -0.05) is 36.4 Å². The predicted octanol–water partition coefficient (Wildman–Crippen LogP) is 8.23. The second-order valence-electron chi connectivity index (χ2n) is 12.8. The molecule has 44 heavy (non-hydrogen) atoms. The van der Waals surface area contributed by atoms with Gasteiger partial charge in [-0.25, -0.2) is 17.6 Å². The van der Waals surface area contributed by atoms with Crippen LogP contribution in [0, 0.1) is 17.0 Å². The second kappa shape index (κ2) is 13.9. The van der Waals surface area contributed by atoms with Gasteiger partial charge in [-0.3, -0.25) is 4.90 Å². The van der Waals surface area contributed by atoms with E-state index in [2.05, 4.69) is 5.32 Å². The summed E-state index contributed by atoms with van der Waals surface area (Å²) in [5, 5.41) is 3.47. The summed E-state index contributed by atoms with van der Waals surface area (Å²) in [6, 6.07) is 16.6. The number of halogens is 4. The molecule has 4 nitrogen and oxygen atoms in total. The van der Waals surface area contributed by atoms with Gasteiger partial charge in [0.2, 0.25) is 0 Å². The van der Waals surface area contributed by atoms with E-state index in [4.69, 9.17) is 9.47 Å². The molecular formula is C36H42F4N2O2. The van der Waals surface area contributed by atoms with Gasteiger partial charge in [0.05, 0.1) is 18.7 Å². The molecule has 1 spiro atoms. The summed E-state index contributed by atoms with van der Waals surface area (Å²) in [6.07, 6.45) is 6.25. The number of ether oxygens (including phenoxy) is 2. The fourth-order valence-electron chi connectivity index (χ4n) is 7.65. The third-order valence-corrected chi connectivity index (χ3v) is 9.71. The van der Waals surface area contributed by atoms with Gasteiger partial charge in [-0.15, -0.1) is 0 Å². The van der Waals surface area contributed by atoms with Crippen LogP contribution in [0.25, 0.3) is 0 Å². The number of nitrogens with one attached hydrogen (secondary N) is 1. The fraction of sp³-hybridized carbons (Fsp3) is 0.500. The molecule has 2 aliphatic heterocycles. The molecule has 3 aliphatic rings. The number of hydrogen-bond acceptors (Lipinski definition) is 4. The van der Waals surface area contributed by atoms with Crippen molar-refractivity contribution < 1.29 is 27.0 Å². The molecule has 6 rings (SSSR count). The molecule has 2 fully saturated rings. The SMILES string of the molecule is Fc1cc(OC2CCCC3(CCCNCCC3)C2)cc(F)c1C1c2ccc(OCc3ccccc3)cc2CCN1CC(F)F. The zero-order valence-corrected chi connectivity index (χ0v) is 25.2. The van der Waals surface area contributed by atoms with Crippen molar-refractivity contribution in [1.82, 2.24) is 10.2 Å². The lowest BCUT2D eigenvalue weighted by Crippen LogP contribution is -2.40. The van der Waals surface area contributed by atoms with E-state index >= 15 is 8.78 Å². The molecule has 2 heterocycles. The zero-order valence-electron chi connectivity index (χ0n) is 25.2. The van der Waals surface area contributed by atoms with Crippen LogP contribution in [-0.2, 0) is 13.0 Å². The molecule has 236 valence electrons. The molecule has 0 aromatic heterocycles. The maximum absolute atomic E-state index is 15.9. The zero-order chi connectivity index (χ0) is 30.5. The standard InChI is InChI=1S/C36H42F4N2O2/c37-31-20-29(44-28-9-4-13-36(22-28)14-5-16-41-17-6-15-36)21-32(38)34(31)35-30-11-10-27(43-24-25-7-2-1-3-8-25)19-26(30)12-18-42(35)23-33(39)40/h1-3,7-8,10-11,19-21,28,33,35,41H,4-6,9,12-18,22-24H2. The van der Waals surface area contributed by atoms with Crippen molar-refractivity contribution in [1.29, 1.82) is 0 Å². The van der Waals surface area contributed by atoms with Crippen molar-refractivity contribution in [2.45, 2.75) is 83.0 Å². The van der Waals surface area contributed by atoms with Gasteiger partial charge in [0.25, 0.3) is 6.43 Å². The predicted molar refractivity (Wildman–Crippen MR) is 163 cm³/mol. The summed E-state index contributed by atoms with van der Waals surface area (Å²) in [5.74, 6) is -0.753. The molecule has 1 saturated heterocycles. The minimum Gasteiger partial charge on any atom is -0.490 e. The first-order valence-electron chi connectivity index (χ1n) is 16.1.